The van der Waals surface area contributed by atoms with Crippen molar-refractivity contribution in [1.29, 1.82) is 0 Å². The molecular formula is C22H24N2O3. The largest absolute Gasteiger partial charge is 0.492 e. The van der Waals surface area contributed by atoms with Gasteiger partial charge in [-0.15, -0.1) is 0 Å². The summed E-state index contributed by atoms with van der Waals surface area (Å²) in [5, 5.41) is 3.77. The van der Waals surface area contributed by atoms with Gasteiger partial charge in [-0.2, -0.15) is 0 Å². The van der Waals surface area contributed by atoms with Gasteiger partial charge in [-0.05, 0) is 75.2 Å². The summed E-state index contributed by atoms with van der Waals surface area (Å²) >= 11 is 0. The molecular weight excluding hydrogens is 340 g/mol. The Bertz CT molecular complexity index is 969. The lowest BCUT2D eigenvalue weighted by molar-refractivity contribution is -0.122. The van der Waals surface area contributed by atoms with Crippen LogP contribution in [0.3, 0.4) is 0 Å². The van der Waals surface area contributed by atoms with Crippen molar-refractivity contribution >= 4 is 22.5 Å². The molecule has 3 rings (SSSR count). The Balaban J connectivity index is 1.79. The highest BCUT2D eigenvalue weighted by Gasteiger charge is 2.17. The van der Waals surface area contributed by atoms with E-state index in [4.69, 9.17) is 9.47 Å². The van der Waals surface area contributed by atoms with Gasteiger partial charge in [0.05, 0.1) is 12.3 Å². The second kappa shape index (κ2) is 8.08. The number of aryl methyl sites for hydroxylation is 2. The van der Waals surface area contributed by atoms with E-state index in [-0.39, 0.29) is 5.91 Å². The van der Waals surface area contributed by atoms with E-state index in [1.165, 1.54) is 5.56 Å². The molecule has 0 aliphatic heterocycles. The lowest BCUT2D eigenvalue weighted by Crippen LogP contribution is -2.30. The zero-order valence-electron chi connectivity index (χ0n) is 16.1. The molecule has 1 heterocycles. The SMILES string of the molecule is CCOc1ccc(NC(=O)C(C)Oc2ccc(C)c(C)c2)c2cccnc12. The van der Waals surface area contributed by atoms with E-state index in [1.54, 1.807) is 13.1 Å². The first kappa shape index (κ1) is 18.7. The molecule has 1 aromatic heterocycles. The second-order valence-corrected chi connectivity index (χ2v) is 6.44. The first-order valence-corrected chi connectivity index (χ1v) is 9.05. The predicted molar refractivity (Wildman–Crippen MR) is 108 cm³/mol. The van der Waals surface area contributed by atoms with Crippen LogP contribution in [0.4, 0.5) is 5.69 Å². The third kappa shape index (κ3) is 4.19. The zero-order chi connectivity index (χ0) is 19.4. The number of carbonyl (C=O) groups excluding carboxylic acids is 1. The van der Waals surface area contributed by atoms with Crippen LogP contribution < -0.4 is 14.8 Å². The normalized spacial score (nSPS) is 11.9. The summed E-state index contributed by atoms with van der Waals surface area (Å²) in [7, 11) is 0. The standard InChI is InChI=1S/C22H24N2O3/c1-5-26-20-11-10-19(18-7-6-12-23-21(18)20)24-22(25)16(4)27-17-9-8-14(2)15(3)13-17/h6-13,16H,5H2,1-4H3,(H,24,25). The zero-order valence-corrected chi connectivity index (χ0v) is 16.1. The van der Waals surface area contributed by atoms with E-state index >= 15 is 0 Å². The summed E-state index contributed by atoms with van der Waals surface area (Å²) in [4.78, 5) is 17.0. The minimum Gasteiger partial charge on any atom is -0.492 e. The Labute approximate surface area is 159 Å². The smallest absolute Gasteiger partial charge is 0.265 e. The summed E-state index contributed by atoms with van der Waals surface area (Å²) in [5.41, 5.74) is 3.72. The van der Waals surface area contributed by atoms with Crippen LogP contribution in [-0.2, 0) is 4.79 Å². The van der Waals surface area contributed by atoms with Gasteiger partial charge in [0, 0.05) is 11.6 Å². The van der Waals surface area contributed by atoms with Gasteiger partial charge in [0.2, 0.25) is 0 Å². The Hall–Kier alpha value is -3.08. The Morgan fingerprint density at radius 3 is 2.70 bits per heavy atom. The van der Waals surface area contributed by atoms with Gasteiger partial charge in [0.15, 0.2) is 6.10 Å². The van der Waals surface area contributed by atoms with Crippen molar-refractivity contribution < 1.29 is 14.3 Å². The van der Waals surface area contributed by atoms with Gasteiger partial charge in [0.1, 0.15) is 17.0 Å². The number of fused-ring (bicyclic) bond motifs is 1. The van der Waals surface area contributed by atoms with Crippen molar-refractivity contribution in [3.05, 3.63) is 59.8 Å². The summed E-state index contributed by atoms with van der Waals surface area (Å²) in [6, 6.07) is 13.2. The van der Waals surface area contributed by atoms with Crippen molar-refractivity contribution in [2.75, 3.05) is 11.9 Å². The summed E-state index contributed by atoms with van der Waals surface area (Å²) in [6.45, 7) is 8.28. The predicted octanol–water partition coefficient (Wildman–Crippen LogP) is 4.66. The molecule has 1 N–H and O–H groups in total. The number of nitrogens with one attached hydrogen (secondary N) is 1. The fraction of sp³-hybridized carbons (Fsp3) is 0.273. The molecule has 1 atom stereocenters. The van der Waals surface area contributed by atoms with Crippen LogP contribution in [0, 0.1) is 13.8 Å². The van der Waals surface area contributed by atoms with Crippen LogP contribution >= 0.6 is 0 Å². The van der Waals surface area contributed by atoms with E-state index in [2.05, 4.69) is 10.3 Å². The summed E-state index contributed by atoms with van der Waals surface area (Å²) in [5.74, 6) is 1.16. The first-order chi connectivity index (χ1) is 13.0. The number of hydrogen-bond donors (Lipinski definition) is 1. The number of benzene rings is 2. The second-order valence-electron chi connectivity index (χ2n) is 6.44. The number of nitrogens with zero attached hydrogens (tertiary/aromatic N) is 1. The fourth-order valence-corrected chi connectivity index (χ4v) is 2.81. The van der Waals surface area contributed by atoms with Crippen LogP contribution in [0.2, 0.25) is 0 Å². The van der Waals surface area contributed by atoms with Gasteiger partial charge in [-0.25, -0.2) is 0 Å². The Kier molecular flexibility index (Phi) is 5.60. The van der Waals surface area contributed by atoms with E-state index in [0.717, 1.165) is 16.5 Å². The fourth-order valence-electron chi connectivity index (χ4n) is 2.81. The maximum Gasteiger partial charge on any atom is 0.265 e. The number of carbonyl (C=O) groups is 1. The molecule has 0 saturated heterocycles. The lowest BCUT2D eigenvalue weighted by Gasteiger charge is -2.17. The topological polar surface area (TPSA) is 60.5 Å². The molecule has 1 amide bonds. The molecule has 0 fully saturated rings. The third-order valence-corrected chi connectivity index (χ3v) is 4.45. The van der Waals surface area contributed by atoms with Gasteiger partial charge in [-0.1, -0.05) is 6.07 Å². The van der Waals surface area contributed by atoms with Crippen molar-refractivity contribution in [2.24, 2.45) is 0 Å². The van der Waals surface area contributed by atoms with E-state index in [0.29, 0.717) is 23.8 Å². The van der Waals surface area contributed by atoms with Gasteiger partial charge >= 0.3 is 0 Å². The van der Waals surface area contributed by atoms with E-state index < -0.39 is 6.10 Å². The lowest BCUT2D eigenvalue weighted by atomic mass is 10.1. The molecule has 0 radical (unpaired) electrons. The number of anilines is 1. The molecule has 0 saturated carbocycles. The Morgan fingerprint density at radius 2 is 1.96 bits per heavy atom. The number of hydrogen-bond acceptors (Lipinski definition) is 4. The van der Waals surface area contributed by atoms with Crippen LogP contribution in [0.5, 0.6) is 11.5 Å². The highest BCUT2D eigenvalue weighted by atomic mass is 16.5. The summed E-state index contributed by atoms with van der Waals surface area (Å²) < 4.78 is 11.4. The molecule has 3 aromatic rings. The molecule has 0 bridgehead atoms. The number of amides is 1. The molecule has 1 unspecified atom stereocenters. The molecule has 2 aromatic carbocycles. The van der Waals surface area contributed by atoms with Crippen LogP contribution in [-0.4, -0.2) is 23.6 Å². The van der Waals surface area contributed by atoms with Crippen molar-refractivity contribution in [1.82, 2.24) is 4.98 Å². The molecule has 0 spiro atoms. The first-order valence-electron chi connectivity index (χ1n) is 9.05. The van der Waals surface area contributed by atoms with Crippen molar-refractivity contribution in [2.45, 2.75) is 33.8 Å². The number of rotatable bonds is 6. The van der Waals surface area contributed by atoms with Gasteiger partial charge in [0.25, 0.3) is 5.91 Å². The van der Waals surface area contributed by atoms with E-state index in [1.807, 2.05) is 63.2 Å². The highest BCUT2D eigenvalue weighted by Crippen LogP contribution is 2.30. The van der Waals surface area contributed by atoms with Crippen LogP contribution in [0.25, 0.3) is 10.9 Å². The van der Waals surface area contributed by atoms with E-state index in [9.17, 15) is 4.79 Å². The average Bonchev–Trinajstić information content (AvgIpc) is 2.66. The Morgan fingerprint density at radius 1 is 1.15 bits per heavy atom. The number of pyridine rings is 1. The maximum absolute atomic E-state index is 12.6. The minimum absolute atomic E-state index is 0.220. The van der Waals surface area contributed by atoms with Crippen molar-refractivity contribution in [3.8, 4) is 11.5 Å². The molecule has 5 nitrogen and oxygen atoms in total. The van der Waals surface area contributed by atoms with Crippen molar-refractivity contribution in [3.63, 3.8) is 0 Å². The molecule has 0 aliphatic carbocycles. The molecule has 5 heteroatoms. The van der Waals surface area contributed by atoms with Crippen LogP contribution in [0.15, 0.2) is 48.7 Å². The summed E-state index contributed by atoms with van der Waals surface area (Å²) in [6.07, 6.45) is 1.08. The average molecular weight is 364 g/mol. The van der Waals surface area contributed by atoms with Gasteiger partial charge < -0.3 is 14.8 Å². The van der Waals surface area contributed by atoms with Crippen LogP contribution in [0.1, 0.15) is 25.0 Å². The third-order valence-electron chi connectivity index (χ3n) is 4.45. The minimum atomic E-state index is -0.634. The number of ether oxygens (including phenoxy) is 2. The highest BCUT2D eigenvalue weighted by molar-refractivity contribution is 6.04. The monoisotopic (exact) mass is 364 g/mol. The molecule has 27 heavy (non-hydrogen) atoms. The molecule has 0 aliphatic rings. The number of aromatic nitrogens is 1. The quantitative estimate of drug-likeness (QED) is 0.691. The van der Waals surface area contributed by atoms with Gasteiger partial charge in [-0.3, -0.25) is 9.78 Å². The maximum atomic E-state index is 12.6. The molecule has 140 valence electrons.